The molecule has 0 saturated carbocycles. The Bertz CT molecular complexity index is 185. The van der Waals surface area contributed by atoms with Gasteiger partial charge in [0.25, 0.3) is 0 Å². The summed E-state index contributed by atoms with van der Waals surface area (Å²) in [5.74, 6) is -0.789. The third kappa shape index (κ3) is 3.90. The van der Waals surface area contributed by atoms with Crippen molar-refractivity contribution in [3.63, 3.8) is 0 Å². The molecule has 0 heterocycles. The average molecular weight is 235 g/mol. The molecule has 1 unspecified atom stereocenters. The first-order chi connectivity index (χ1) is 5.49. The average Bonchev–Trinajstić information content (AvgIpc) is 1.98. The monoisotopic (exact) mass is 234 g/mol. The molecule has 0 aromatic carbocycles. The van der Waals surface area contributed by atoms with Crippen LogP contribution >= 0.6 is 15.9 Å². The highest BCUT2D eigenvalue weighted by atomic mass is 79.9. The fraction of sp³-hybridized carbons (Fsp3) is 0.667. The number of carboxylic acid groups (broad SMARTS) is 1. The maximum atomic E-state index is 10.7. The van der Waals surface area contributed by atoms with Crippen LogP contribution in [-0.4, -0.2) is 11.1 Å². The van der Waals surface area contributed by atoms with Gasteiger partial charge in [-0.15, -0.1) is 0 Å². The largest absolute Gasteiger partial charge is 0.481 e. The molecule has 0 amide bonds. The van der Waals surface area contributed by atoms with Gasteiger partial charge in [-0.3, -0.25) is 4.79 Å². The Morgan fingerprint density at radius 3 is 2.33 bits per heavy atom. The van der Waals surface area contributed by atoms with E-state index in [1.807, 2.05) is 20.8 Å². The van der Waals surface area contributed by atoms with E-state index in [1.165, 1.54) is 0 Å². The second-order valence-corrected chi connectivity index (χ2v) is 3.81. The lowest BCUT2D eigenvalue weighted by atomic mass is 9.90. The van der Waals surface area contributed by atoms with E-state index in [4.69, 9.17) is 5.11 Å². The minimum Gasteiger partial charge on any atom is -0.481 e. The Hall–Kier alpha value is -0.310. The smallest absolute Gasteiger partial charge is 0.307 e. The molecule has 70 valence electrons. The third-order valence-corrected chi connectivity index (χ3v) is 2.63. The maximum Gasteiger partial charge on any atom is 0.307 e. The molecule has 0 aliphatic carbocycles. The van der Waals surface area contributed by atoms with Crippen LogP contribution in [0, 0.1) is 11.8 Å². The molecule has 0 bridgehead atoms. The first kappa shape index (κ1) is 11.7. The number of hydrogen-bond donors (Lipinski definition) is 1. The topological polar surface area (TPSA) is 37.3 Å². The van der Waals surface area contributed by atoms with Crippen molar-refractivity contribution < 1.29 is 9.90 Å². The lowest BCUT2D eigenvalue weighted by molar-refractivity contribution is -0.143. The summed E-state index contributed by atoms with van der Waals surface area (Å²) in [5.41, 5.74) is 1.07. The molecule has 0 rings (SSSR count). The number of hydrogen-bond acceptors (Lipinski definition) is 1. The number of carboxylic acids is 1. The quantitative estimate of drug-likeness (QED) is 0.813. The van der Waals surface area contributed by atoms with Crippen molar-refractivity contribution in [2.24, 2.45) is 11.8 Å². The molecule has 0 fully saturated rings. The molecule has 3 heteroatoms. The molecule has 0 aliphatic rings. The van der Waals surface area contributed by atoms with Crippen LogP contribution in [-0.2, 0) is 4.79 Å². The summed E-state index contributed by atoms with van der Waals surface area (Å²) in [7, 11) is 0. The molecule has 1 N–H and O–H groups in total. The summed E-state index contributed by atoms with van der Waals surface area (Å²) >= 11 is 3.19. The number of rotatable bonds is 4. The first-order valence-corrected chi connectivity index (χ1v) is 4.89. The molecule has 0 aromatic rings. The second-order valence-electron chi connectivity index (χ2n) is 3.35. The highest BCUT2D eigenvalue weighted by Crippen LogP contribution is 2.20. The Morgan fingerprint density at radius 1 is 1.58 bits per heavy atom. The second kappa shape index (κ2) is 5.36. The summed E-state index contributed by atoms with van der Waals surface area (Å²) in [6.45, 7) is 5.79. The van der Waals surface area contributed by atoms with Crippen LogP contribution in [0.4, 0.5) is 0 Å². The Kier molecular flexibility index (Phi) is 5.22. The van der Waals surface area contributed by atoms with Crippen LogP contribution in [0.15, 0.2) is 10.6 Å². The zero-order valence-electron chi connectivity index (χ0n) is 7.67. The van der Waals surface area contributed by atoms with Crippen LogP contribution in [0.5, 0.6) is 0 Å². The van der Waals surface area contributed by atoms with E-state index in [-0.39, 0.29) is 11.8 Å². The van der Waals surface area contributed by atoms with Crippen molar-refractivity contribution in [2.75, 3.05) is 0 Å². The summed E-state index contributed by atoms with van der Waals surface area (Å²) < 4.78 is 0. The van der Waals surface area contributed by atoms with E-state index < -0.39 is 5.97 Å². The molecule has 0 aliphatic heterocycles. The SMILES string of the molecule is CC(=CBr)CC(C(=O)O)C(C)C. The van der Waals surface area contributed by atoms with Gasteiger partial charge in [0.15, 0.2) is 0 Å². The Morgan fingerprint density at radius 2 is 2.08 bits per heavy atom. The molecule has 2 nitrogen and oxygen atoms in total. The van der Waals surface area contributed by atoms with E-state index in [2.05, 4.69) is 15.9 Å². The van der Waals surface area contributed by atoms with Crippen LogP contribution in [0.3, 0.4) is 0 Å². The number of aliphatic carboxylic acids is 1. The van der Waals surface area contributed by atoms with Crippen molar-refractivity contribution >= 4 is 21.9 Å². The van der Waals surface area contributed by atoms with Crippen molar-refractivity contribution in [3.8, 4) is 0 Å². The van der Waals surface area contributed by atoms with Crippen molar-refractivity contribution in [3.05, 3.63) is 10.6 Å². The Labute approximate surface area is 81.8 Å². The van der Waals surface area contributed by atoms with Gasteiger partial charge >= 0.3 is 5.97 Å². The molecular formula is C9H15BrO2. The van der Waals surface area contributed by atoms with Crippen LogP contribution < -0.4 is 0 Å². The van der Waals surface area contributed by atoms with Crippen molar-refractivity contribution in [1.29, 1.82) is 0 Å². The molecule has 0 spiro atoms. The van der Waals surface area contributed by atoms with E-state index in [9.17, 15) is 4.79 Å². The predicted octanol–water partition coefficient (Wildman–Crippen LogP) is 3.03. The highest BCUT2D eigenvalue weighted by Gasteiger charge is 2.21. The summed E-state index contributed by atoms with van der Waals surface area (Å²) in [6, 6.07) is 0. The minimum atomic E-state index is -0.710. The van der Waals surface area contributed by atoms with Crippen molar-refractivity contribution in [1.82, 2.24) is 0 Å². The Balaban J connectivity index is 4.24. The van der Waals surface area contributed by atoms with Gasteiger partial charge in [-0.2, -0.15) is 0 Å². The lowest BCUT2D eigenvalue weighted by Gasteiger charge is -2.15. The van der Waals surface area contributed by atoms with Gasteiger partial charge in [0.1, 0.15) is 0 Å². The normalized spacial score (nSPS) is 14.9. The van der Waals surface area contributed by atoms with Gasteiger partial charge in [-0.1, -0.05) is 35.4 Å². The fourth-order valence-corrected chi connectivity index (χ4v) is 1.19. The number of allylic oxidation sites excluding steroid dienone is 1. The molecular weight excluding hydrogens is 220 g/mol. The third-order valence-electron chi connectivity index (χ3n) is 1.85. The molecule has 1 atom stereocenters. The molecule has 0 radical (unpaired) electrons. The van der Waals surface area contributed by atoms with Gasteiger partial charge in [-0.05, 0) is 24.2 Å². The first-order valence-electron chi connectivity index (χ1n) is 3.97. The summed E-state index contributed by atoms with van der Waals surface area (Å²) in [5, 5.41) is 8.85. The standard InChI is InChI=1S/C9H15BrO2/c1-6(2)8(9(11)12)4-7(3)5-10/h5-6,8H,4H2,1-3H3,(H,11,12). The fourth-order valence-electron chi connectivity index (χ4n) is 1.000. The van der Waals surface area contributed by atoms with Gasteiger partial charge in [0, 0.05) is 0 Å². The maximum absolute atomic E-state index is 10.7. The predicted molar refractivity (Wildman–Crippen MR) is 53.3 cm³/mol. The minimum absolute atomic E-state index is 0.185. The number of carbonyl (C=O) groups is 1. The zero-order valence-corrected chi connectivity index (χ0v) is 9.26. The van der Waals surface area contributed by atoms with E-state index in [0.717, 1.165) is 5.57 Å². The highest BCUT2D eigenvalue weighted by molar-refractivity contribution is 9.11. The van der Waals surface area contributed by atoms with E-state index in [1.54, 1.807) is 4.99 Å². The summed E-state index contributed by atoms with van der Waals surface area (Å²) in [6.07, 6.45) is 0.623. The van der Waals surface area contributed by atoms with Gasteiger partial charge in [0.05, 0.1) is 5.92 Å². The zero-order chi connectivity index (χ0) is 9.72. The summed E-state index contributed by atoms with van der Waals surface area (Å²) in [4.78, 5) is 12.5. The van der Waals surface area contributed by atoms with E-state index in [0.29, 0.717) is 6.42 Å². The number of halogens is 1. The molecule has 0 aromatic heterocycles. The lowest BCUT2D eigenvalue weighted by Crippen LogP contribution is -2.19. The van der Waals surface area contributed by atoms with Gasteiger partial charge in [0.2, 0.25) is 0 Å². The molecule has 0 saturated heterocycles. The van der Waals surface area contributed by atoms with Crippen LogP contribution in [0.1, 0.15) is 27.2 Å². The van der Waals surface area contributed by atoms with Crippen LogP contribution in [0.2, 0.25) is 0 Å². The van der Waals surface area contributed by atoms with E-state index >= 15 is 0 Å². The molecule has 12 heavy (non-hydrogen) atoms. The van der Waals surface area contributed by atoms with Crippen LogP contribution in [0.25, 0.3) is 0 Å². The van der Waals surface area contributed by atoms with Gasteiger partial charge in [-0.25, -0.2) is 0 Å². The van der Waals surface area contributed by atoms with Gasteiger partial charge < -0.3 is 5.11 Å². The van der Waals surface area contributed by atoms with Crippen molar-refractivity contribution in [2.45, 2.75) is 27.2 Å².